The van der Waals surface area contributed by atoms with Crippen LogP contribution in [0.4, 0.5) is 5.69 Å². The highest BCUT2D eigenvalue weighted by atomic mass is 35.5. The molecule has 0 aliphatic carbocycles. The zero-order valence-electron chi connectivity index (χ0n) is 14.9. The van der Waals surface area contributed by atoms with E-state index in [1.807, 2.05) is 19.9 Å². The van der Waals surface area contributed by atoms with Gasteiger partial charge in [0.25, 0.3) is 5.91 Å². The average molecular weight is 405 g/mol. The maximum absolute atomic E-state index is 12.6. The fraction of sp³-hybridized carbons (Fsp3) is 0.250. The molecular weight excluding hydrogens is 387 g/mol. The summed E-state index contributed by atoms with van der Waals surface area (Å²) >= 11 is 12.0. The summed E-state index contributed by atoms with van der Waals surface area (Å²) in [6, 6.07) is 11.6. The van der Waals surface area contributed by atoms with E-state index in [9.17, 15) is 14.4 Å². The molecule has 0 bridgehead atoms. The summed E-state index contributed by atoms with van der Waals surface area (Å²) in [6.07, 6.45) is 0.442. The molecule has 1 saturated heterocycles. The molecule has 1 heterocycles. The first-order valence-electron chi connectivity index (χ1n) is 8.43. The number of rotatable bonds is 4. The fourth-order valence-electron chi connectivity index (χ4n) is 2.94. The van der Waals surface area contributed by atoms with E-state index in [0.29, 0.717) is 21.3 Å². The van der Waals surface area contributed by atoms with Crippen LogP contribution in [0.1, 0.15) is 42.6 Å². The summed E-state index contributed by atoms with van der Waals surface area (Å²) in [6.45, 7) is 3.72. The molecule has 1 fully saturated rings. The van der Waals surface area contributed by atoms with Gasteiger partial charge in [-0.05, 0) is 55.8 Å². The Morgan fingerprint density at radius 1 is 0.963 bits per heavy atom. The van der Waals surface area contributed by atoms with Crippen LogP contribution >= 0.6 is 23.2 Å². The Kier molecular flexibility index (Phi) is 5.27. The summed E-state index contributed by atoms with van der Waals surface area (Å²) in [5, 5.41) is 3.82. The Bertz CT molecular complexity index is 907. The van der Waals surface area contributed by atoms with Crippen molar-refractivity contribution in [3.05, 3.63) is 63.6 Å². The summed E-state index contributed by atoms with van der Waals surface area (Å²) in [7, 11) is 0. The SMILES string of the molecule is CC(C)(NC(=O)c1ccc(N2C(=O)CCC2=O)cc1)c1ccc(Cl)c(Cl)c1. The lowest BCUT2D eigenvalue weighted by atomic mass is 9.94. The molecular formula is C20H18Cl2N2O3. The van der Waals surface area contributed by atoms with Crippen LogP contribution in [0, 0.1) is 0 Å². The number of hydrogen-bond acceptors (Lipinski definition) is 3. The van der Waals surface area contributed by atoms with Gasteiger partial charge < -0.3 is 5.32 Å². The molecule has 7 heteroatoms. The summed E-state index contributed by atoms with van der Waals surface area (Å²) < 4.78 is 0. The molecule has 0 aromatic heterocycles. The molecule has 5 nitrogen and oxygen atoms in total. The van der Waals surface area contributed by atoms with E-state index in [1.165, 1.54) is 0 Å². The van der Waals surface area contributed by atoms with Gasteiger partial charge in [-0.25, -0.2) is 0 Å². The Hall–Kier alpha value is -2.37. The van der Waals surface area contributed by atoms with Gasteiger partial charge in [-0.1, -0.05) is 29.3 Å². The first-order valence-corrected chi connectivity index (χ1v) is 9.18. The predicted octanol–water partition coefficient (Wildman–Crippen LogP) is 4.31. The Morgan fingerprint density at radius 2 is 1.56 bits per heavy atom. The number of benzene rings is 2. The number of imide groups is 1. The highest BCUT2D eigenvalue weighted by Crippen LogP contribution is 2.29. The van der Waals surface area contributed by atoms with E-state index in [4.69, 9.17) is 23.2 Å². The molecule has 0 saturated carbocycles. The summed E-state index contributed by atoms with van der Waals surface area (Å²) in [4.78, 5) is 37.4. The third-order valence-corrected chi connectivity index (χ3v) is 5.25. The molecule has 140 valence electrons. The molecule has 1 aliphatic rings. The number of carbonyl (C=O) groups is 3. The molecule has 2 aromatic carbocycles. The van der Waals surface area contributed by atoms with Crippen molar-refractivity contribution >= 4 is 46.6 Å². The highest BCUT2D eigenvalue weighted by Gasteiger charge is 2.30. The number of anilines is 1. The third kappa shape index (κ3) is 3.99. The van der Waals surface area contributed by atoms with Crippen molar-refractivity contribution < 1.29 is 14.4 Å². The molecule has 3 rings (SSSR count). The normalized spacial score (nSPS) is 14.6. The molecule has 0 atom stereocenters. The van der Waals surface area contributed by atoms with Crippen molar-refractivity contribution in [2.75, 3.05) is 4.90 Å². The molecule has 0 radical (unpaired) electrons. The topological polar surface area (TPSA) is 66.5 Å². The lowest BCUT2D eigenvalue weighted by Crippen LogP contribution is -2.41. The fourth-order valence-corrected chi connectivity index (χ4v) is 3.24. The van der Waals surface area contributed by atoms with Gasteiger partial charge in [0.05, 0.1) is 21.3 Å². The van der Waals surface area contributed by atoms with Crippen LogP contribution < -0.4 is 10.2 Å². The second-order valence-electron chi connectivity index (χ2n) is 6.88. The van der Waals surface area contributed by atoms with Gasteiger partial charge >= 0.3 is 0 Å². The standard InChI is InChI=1S/C20H18Cl2N2O3/c1-20(2,13-5-8-15(21)16(22)11-13)23-19(27)12-3-6-14(7-4-12)24-17(25)9-10-18(24)26/h3-8,11H,9-10H2,1-2H3,(H,23,27). The zero-order valence-corrected chi connectivity index (χ0v) is 16.4. The Morgan fingerprint density at radius 3 is 2.11 bits per heavy atom. The predicted molar refractivity (Wildman–Crippen MR) is 105 cm³/mol. The van der Waals surface area contributed by atoms with Crippen LogP contribution in [0.2, 0.25) is 10.0 Å². The van der Waals surface area contributed by atoms with Crippen LogP contribution in [0.5, 0.6) is 0 Å². The second-order valence-corrected chi connectivity index (χ2v) is 7.69. The lowest BCUT2D eigenvalue weighted by Gasteiger charge is -2.27. The number of halogens is 2. The molecule has 2 aromatic rings. The Balaban J connectivity index is 1.76. The van der Waals surface area contributed by atoms with Crippen LogP contribution in [0.3, 0.4) is 0 Å². The van der Waals surface area contributed by atoms with Gasteiger partial charge in [0.1, 0.15) is 0 Å². The van der Waals surface area contributed by atoms with Gasteiger partial charge in [0, 0.05) is 18.4 Å². The molecule has 3 amide bonds. The monoisotopic (exact) mass is 404 g/mol. The van der Waals surface area contributed by atoms with Crippen molar-refractivity contribution in [1.29, 1.82) is 0 Å². The second kappa shape index (κ2) is 7.33. The van der Waals surface area contributed by atoms with Crippen LogP contribution in [0.25, 0.3) is 0 Å². The maximum Gasteiger partial charge on any atom is 0.251 e. The zero-order chi connectivity index (χ0) is 19.8. The van der Waals surface area contributed by atoms with Crippen molar-refractivity contribution in [2.24, 2.45) is 0 Å². The van der Waals surface area contributed by atoms with E-state index >= 15 is 0 Å². The average Bonchev–Trinajstić information content (AvgIpc) is 2.95. The molecule has 0 spiro atoms. The quantitative estimate of drug-likeness (QED) is 0.771. The minimum absolute atomic E-state index is 0.221. The van der Waals surface area contributed by atoms with Gasteiger partial charge in [0.15, 0.2) is 0 Å². The van der Waals surface area contributed by atoms with E-state index in [2.05, 4.69) is 5.32 Å². The van der Waals surface area contributed by atoms with Crippen molar-refractivity contribution in [3.63, 3.8) is 0 Å². The number of nitrogens with one attached hydrogen (secondary N) is 1. The minimum atomic E-state index is -0.676. The molecule has 27 heavy (non-hydrogen) atoms. The lowest BCUT2D eigenvalue weighted by molar-refractivity contribution is -0.121. The van der Waals surface area contributed by atoms with Gasteiger partial charge in [0.2, 0.25) is 11.8 Å². The molecule has 0 unspecified atom stereocenters. The molecule has 1 N–H and O–H groups in total. The first-order chi connectivity index (χ1) is 12.7. The third-order valence-electron chi connectivity index (χ3n) is 4.51. The summed E-state index contributed by atoms with van der Waals surface area (Å²) in [5.74, 6) is -0.729. The van der Waals surface area contributed by atoms with Crippen molar-refractivity contribution in [2.45, 2.75) is 32.2 Å². The largest absolute Gasteiger partial charge is 0.343 e. The van der Waals surface area contributed by atoms with Crippen molar-refractivity contribution in [3.8, 4) is 0 Å². The smallest absolute Gasteiger partial charge is 0.251 e. The van der Waals surface area contributed by atoms with Gasteiger partial charge in [-0.3, -0.25) is 19.3 Å². The van der Waals surface area contributed by atoms with E-state index in [1.54, 1.807) is 36.4 Å². The number of hydrogen-bond donors (Lipinski definition) is 1. The number of carbonyl (C=O) groups excluding carboxylic acids is 3. The maximum atomic E-state index is 12.6. The summed E-state index contributed by atoms with van der Waals surface area (Å²) in [5.41, 5.74) is 1.04. The Labute approximate surface area is 167 Å². The first kappa shape index (κ1) is 19.4. The van der Waals surface area contributed by atoms with Crippen molar-refractivity contribution in [1.82, 2.24) is 5.32 Å². The number of nitrogens with zero attached hydrogens (tertiary/aromatic N) is 1. The van der Waals surface area contributed by atoms with Gasteiger partial charge in [-0.15, -0.1) is 0 Å². The van der Waals surface area contributed by atoms with Crippen LogP contribution in [0.15, 0.2) is 42.5 Å². The van der Waals surface area contributed by atoms with E-state index in [-0.39, 0.29) is 30.6 Å². The molecule has 1 aliphatic heterocycles. The van der Waals surface area contributed by atoms with Gasteiger partial charge in [-0.2, -0.15) is 0 Å². The highest BCUT2D eigenvalue weighted by molar-refractivity contribution is 6.42. The van der Waals surface area contributed by atoms with Crippen LogP contribution in [-0.2, 0) is 15.1 Å². The number of amides is 3. The van der Waals surface area contributed by atoms with Crippen LogP contribution in [-0.4, -0.2) is 17.7 Å². The van der Waals surface area contributed by atoms with E-state index < -0.39 is 5.54 Å². The minimum Gasteiger partial charge on any atom is -0.343 e. The van der Waals surface area contributed by atoms with E-state index in [0.717, 1.165) is 10.5 Å².